The fourth-order valence-corrected chi connectivity index (χ4v) is 1.95. The van der Waals surface area contributed by atoms with Crippen LogP contribution in [0.15, 0.2) is 16.6 Å². The van der Waals surface area contributed by atoms with E-state index in [0.29, 0.717) is 23.0 Å². The van der Waals surface area contributed by atoms with E-state index in [4.69, 9.17) is 0 Å². The van der Waals surface area contributed by atoms with Crippen LogP contribution in [-0.2, 0) is 6.42 Å². The molecule has 1 aromatic carbocycles. The predicted octanol–water partition coefficient (Wildman–Crippen LogP) is 2.40. The molecule has 15 heavy (non-hydrogen) atoms. The van der Waals surface area contributed by atoms with Crippen molar-refractivity contribution in [1.82, 2.24) is 5.32 Å². The molecule has 0 aliphatic carbocycles. The van der Waals surface area contributed by atoms with Crippen molar-refractivity contribution in [2.75, 3.05) is 13.6 Å². The Balaban J connectivity index is 3.05. The highest BCUT2D eigenvalue weighted by atomic mass is 79.9. The Morgan fingerprint density at radius 1 is 1.53 bits per heavy atom. The number of halogens is 2. The summed E-state index contributed by atoms with van der Waals surface area (Å²) in [4.78, 5) is 0. The van der Waals surface area contributed by atoms with E-state index in [9.17, 15) is 9.50 Å². The van der Waals surface area contributed by atoms with Gasteiger partial charge in [-0.15, -0.1) is 0 Å². The van der Waals surface area contributed by atoms with Gasteiger partial charge in [0, 0.05) is 6.54 Å². The Morgan fingerprint density at radius 2 is 2.20 bits per heavy atom. The summed E-state index contributed by atoms with van der Waals surface area (Å²) >= 11 is 3.15. The number of nitrogens with one attached hydrogen (secondary N) is 1. The lowest BCUT2D eigenvalue weighted by Crippen LogP contribution is -2.17. The number of aliphatic hydroxyl groups excluding tert-OH is 1. The van der Waals surface area contributed by atoms with E-state index >= 15 is 0 Å². The molecule has 1 unspecified atom stereocenters. The van der Waals surface area contributed by atoms with Gasteiger partial charge < -0.3 is 10.4 Å². The zero-order valence-corrected chi connectivity index (χ0v) is 10.4. The van der Waals surface area contributed by atoms with Crippen molar-refractivity contribution in [3.63, 3.8) is 0 Å². The van der Waals surface area contributed by atoms with Gasteiger partial charge in [0.25, 0.3) is 0 Å². The molecule has 1 rings (SSSR count). The molecule has 0 aromatic heterocycles. The molecule has 0 aliphatic heterocycles. The Hall–Kier alpha value is -0.450. The van der Waals surface area contributed by atoms with E-state index in [2.05, 4.69) is 21.2 Å². The fourth-order valence-electron chi connectivity index (χ4n) is 1.43. The van der Waals surface area contributed by atoms with Crippen LogP contribution in [0.3, 0.4) is 0 Å². The van der Waals surface area contributed by atoms with Crippen LogP contribution in [0.2, 0.25) is 0 Å². The van der Waals surface area contributed by atoms with Crippen molar-refractivity contribution >= 4 is 15.9 Å². The van der Waals surface area contributed by atoms with Gasteiger partial charge in [-0.1, -0.05) is 13.0 Å². The van der Waals surface area contributed by atoms with Crippen LogP contribution in [0.5, 0.6) is 0 Å². The number of rotatable bonds is 4. The van der Waals surface area contributed by atoms with Gasteiger partial charge in [0.05, 0.1) is 10.6 Å². The molecule has 0 saturated carbocycles. The van der Waals surface area contributed by atoms with E-state index < -0.39 is 6.10 Å². The highest BCUT2D eigenvalue weighted by Crippen LogP contribution is 2.25. The van der Waals surface area contributed by atoms with Crippen molar-refractivity contribution in [2.45, 2.75) is 19.4 Å². The minimum Gasteiger partial charge on any atom is -0.387 e. The summed E-state index contributed by atoms with van der Waals surface area (Å²) in [5.74, 6) is -0.238. The quantitative estimate of drug-likeness (QED) is 0.885. The van der Waals surface area contributed by atoms with E-state index in [0.717, 1.165) is 5.56 Å². The molecule has 0 aliphatic rings. The Kier molecular flexibility index (Phi) is 4.70. The first kappa shape index (κ1) is 12.6. The molecule has 0 radical (unpaired) electrons. The summed E-state index contributed by atoms with van der Waals surface area (Å²) < 4.78 is 13.9. The average Bonchev–Trinajstić information content (AvgIpc) is 2.22. The maximum Gasteiger partial charge on any atom is 0.140 e. The highest BCUT2D eigenvalue weighted by molar-refractivity contribution is 9.10. The van der Waals surface area contributed by atoms with Gasteiger partial charge in [0.2, 0.25) is 0 Å². The molecule has 4 heteroatoms. The number of aliphatic hydroxyl groups is 1. The third-order valence-electron chi connectivity index (χ3n) is 2.29. The number of benzene rings is 1. The summed E-state index contributed by atoms with van der Waals surface area (Å²) in [5.41, 5.74) is 1.35. The van der Waals surface area contributed by atoms with Crippen molar-refractivity contribution in [3.05, 3.63) is 33.5 Å². The summed E-state index contributed by atoms with van der Waals surface area (Å²) in [6, 6.07) is 3.33. The Labute approximate surface area is 97.6 Å². The summed E-state index contributed by atoms with van der Waals surface area (Å²) in [5, 5.41) is 12.6. The molecular weight excluding hydrogens is 261 g/mol. The van der Waals surface area contributed by atoms with Gasteiger partial charge in [0.15, 0.2) is 0 Å². The normalized spacial score (nSPS) is 12.9. The average molecular weight is 276 g/mol. The highest BCUT2D eigenvalue weighted by Gasteiger charge is 2.12. The molecule has 0 saturated heterocycles. The zero-order valence-electron chi connectivity index (χ0n) is 8.85. The molecular formula is C11H15BrFNO. The second-order valence-electron chi connectivity index (χ2n) is 3.40. The van der Waals surface area contributed by atoms with E-state index in [1.165, 1.54) is 0 Å². The van der Waals surface area contributed by atoms with Crippen LogP contribution in [0.4, 0.5) is 4.39 Å². The van der Waals surface area contributed by atoms with Crippen LogP contribution in [0.25, 0.3) is 0 Å². The van der Waals surface area contributed by atoms with Gasteiger partial charge in [-0.25, -0.2) is 4.39 Å². The molecule has 2 nitrogen and oxygen atoms in total. The molecule has 0 bridgehead atoms. The maximum atomic E-state index is 13.5. The molecule has 1 aromatic rings. The first-order chi connectivity index (χ1) is 7.10. The summed E-state index contributed by atoms with van der Waals surface area (Å²) in [7, 11) is 1.77. The first-order valence-electron chi connectivity index (χ1n) is 4.90. The molecule has 0 heterocycles. The Bertz CT molecular complexity index is 344. The third-order valence-corrected chi connectivity index (χ3v) is 2.87. The topological polar surface area (TPSA) is 32.3 Å². The van der Waals surface area contributed by atoms with Crippen molar-refractivity contribution in [3.8, 4) is 0 Å². The molecule has 2 N–H and O–H groups in total. The molecule has 0 amide bonds. The lowest BCUT2D eigenvalue weighted by atomic mass is 10.0. The standard InChI is InChI=1S/C11H15BrFNO/c1-3-7-4-8(10(15)6-14-2)5-9(12)11(7)13/h4-5,10,14-15H,3,6H2,1-2H3. The largest absolute Gasteiger partial charge is 0.387 e. The van der Waals surface area contributed by atoms with Crippen LogP contribution in [0.1, 0.15) is 24.2 Å². The zero-order chi connectivity index (χ0) is 11.4. The van der Waals surface area contributed by atoms with Crippen molar-refractivity contribution in [1.29, 1.82) is 0 Å². The van der Waals surface area contributed by atoms with E-state index in [1.807, 2.05) is 6.92 Å². The van der Waals surface area contributed by atoms with Crippen molar-refractivity contribution in [2.24, 2.45) is 0 Å². The smallest absolute Gasteiger partial charge is 0.140 e. The van der Waals surface area contributed by atoms with Gasteiger partial charge in [-0.2, -0.15) is 0 Å². The second kappa shape index (κ2) is 5.58. The van der Waals surface area contributed by atoms with Gasteiger partial charge in [-0.05, 0) is 46.6 Å². The monoisotopic (exact) mass is 275 g/mol. The Morgan fingerprint density at radius 3 is 2.73 bits per heavy atom. The minimum absolute atomic E-state index is 0.238. The van der Waals surface area contributed by atoms with Gasteiger partial charge >= 0.3 is 0 Å². The number of aryl methyl sites for hydroxylation is 1. The minimum atomic E-state index is -0.600. The fraction of sp³-hybridized carbons (Fsp3) is 0.455. The second-order valence-corrected chi connectivity index (χ2v) is 4.26. The lowest BCUT2D eigenvalue weighted by Gasteiger charge is -2.13. The van der Waals surface area contributed by atoms with Crippen molar-refractivity contribution < 1.29 is 9.50 Å². The number of likely N-dealkylation sites (N-methyl/N-ethyl adjacent to an activating group) is 1. The van der Waals surface area contributed by atoms with Crippen LogP contribution in [-0.4, -0.2) is 18.7 Å². The number of hydrogen-bond donors (Lipinski definition) is 2. The first-order valence-corrected chi connectivity index (χ1v) is 5.69. The van der Waals surface area contributed by atoms with Gasteiger partial charge in [0.1, 0.15) is 5.82 Å². The number of hydrogen-bond acceptors (Lipinski definition) is 2. The predicted molar refractivity (Wildman–Crippen MR) is 62.4 cm³/mol. The molecule has 84 valence electrons. The van der Waals surface area contributed by atoms with Gasteiger partial charge in [-0.3, -0.25) is 0 Å². The summed E-state index contributed by atoms with van der Waals surface area (Å²) in [6.45, 7) is 2.35. The maximum absolute atomic E-state index is 13.5. The SMILES string of the molecule is CCc1cc(C(O)CNC)cc(Br)c1F. The lowest BCUT2D eigenvalue weighted by molar-refractivity contribution is 0.177. The van der Waals surface area contributed by atoms with E-state index in [1.54, 1.807) is 19.2 Å². The molecule has 0 fully saturated rings. The summed E-state index contributed by atoms with van der Waals surface area (Å²) in [6.07, 6.45) is 0.0158. The van der Waals surface area contributed by atoms with Crippen LogP contribution >= 0.6 is 15.9 Å². The van der Waals surface area contributed by atoms with Crippen LogP contribution < -0.4 is 5.32 Å². The molecule has 1 atom stereocenters. The van der Waals surface area contributed by atoms with E-state index in [-0.39, 0.29) is 5.82 Å². The van der Waals surface area contributed by atoms with Crippen LogP contribution in [0, 0.1) is 5.82 Å². The third kappa shape index (κ3) is 3.00. The molecule has 0 spiro atoms.